The number of nitrogens with one attached hydrogen (secondary N) is 1. The Bertz CT molecular complexity index is 975. The third kappa shape index (κ3) is 4.70. The molecule has 0 saturated carbocycles. The first kappa shape index (κ1) is 20.3. The van der Waals surface area contributed by atoms with Crippen LogP contribution in [0.25, 0.3) is 11.1 Å². The van der Waals surface area contributed by atoms with Gasteiger partial charge in [-0.2, -0.15) is 0 Å². The van der Waals surface area contributed by atoms with Crippen molar-refractivity contribution >= 4 is 34.8 Å². The second kappa shape index (κ2) is 9.19. The third-order valence-corrected chi connectivity index (χ3v) is 6.21. The van der Waals surface area contributed by atoms with Crippen LogP contribution >= 0.6 is 11.9 Å². The molecule has 0 aromatic heterocycles. The quantitative estimate of drug-likeness (QED) is 0.398. The number of hydrogen-bond acceptors (Lipinski definition) is 4. The second-order valence-electron chi connectivity index (χ2n) is 6.21. The van der Waals surface area contributed by atoms with Crippen LogP contribution in [0.3, 0.4) is 0 Å². The normalized spacial score (nSPS) is 11.8. The van der Waals surface area contributed by atoms with Gasteiger partial charge in [0.2, 0.25) is 0 Å². The van der Waals surface area contributed by atoms with Crippen LogP contribution < -0.4 is 4.72 Å². The summed E-state index contributed by atoms with van der Waals surface area (Å²) in [6.07, 6.45) is 2.45. The van der Waals surface area contributed by atoms with Crippen molar-refractivity contribution in [3.8, 4) is 11.1 Å². The van der Waals surface area contributed by atoms with Gasteiger partial charge in [0.05, 0.1) is 11.3 Å². The van der Waals surface area contributed by atoms with Crippen molar-refractivity contribution in [1.82, 2.24) is 0 Å². The lowest BCUT2D eigenvalue weighted by Crippen LogP contribution is -2.01. The van der Waals surface area contributed by atoms with E-state index in [4.69, 9.17) is 0 Å². The maximum Gasteiger partial charge on any atom is 0.335 e. The van der Waals surface area contributed by atoms with E-state index < -0.39 is 17.1 Å². The number of rotatable bonds is 7. The van der Waals surface area contributed by atoms with Crippen molar-refractivity contribution in [2.45, 2.75) is 23.1 Å². The largest absolute Gasteiger partial charge is 0.612 e. The van der Waals surface area contributed by atoms with Gasteiger partial charge in [-0.3, -0.25) is 0 Å². The Morgan fingerprint density at radius 1 is 1.11 bits per heavy atom. The molecule has 1 atom stereocenters. The summed E-state index contributed by atoms with van der Waals surface area (Å²) in [6.45, 7) is 2.04. The van der Waals surface area contributed by atoms with Crippen LogP contribution in [0.4, 0.5) is 5.69 Å². The number of anilines is 1. The van der Waals surface area contributed by atoms with Crippen molar-refractivity contribution in [3.63, 3.8) is 0 Å². The van der Waals surface area contributed by atoms with Gasteiger partial charge >= 0.3 is 5.97 Å². The lowest BCUT2D eigenvalue weighted by Gasteiger charge is -2.15. The molecule has 4 nitrogen and oxygen atoms in total. The molecule has 28 heavy (non-hydrogen) atoms. The lowest BCUT2D eigenvalue weighted by atomic mass is 10.0. The Labute approximate surface area is 172 Å². The van der Waals surface area contributed by atoms with Crippen LogP contribution in [0.5, 0.6) is 0 Å². The van der Waals surface area contributed by atoms with E-state index >= 15 is 0 Å². The Kier molecular flexibility index (Phi) is 6.67. The molecular weight excluding hydrogens is 390 g/mol. The van der Waals surface area contributed by atoms with Gasteiger partial charge in [-0.05, 0) is 64.9 Å². The summed E-state index contributed by atoms with van der Waals surface area (Å²) in [5.74, 6) is -0.946. The van der Waals surface area contributed by atoms with Gasteiger partial charge in [-0.15, -0.1) is 0 Å². The molecule has 0 heterocycles. The van der Waals surface area contributed by atoms with Crippen molar-refractivity contribution in [2.75, 3.05) is 11.0 Å². The highest BCUT2D eigenvalue weighted by Crippen LogP contribution is 2.34. The lowest BCUT2D eigenvalue weighted by molar-refractivity contribution is 0.0696. The second-order valence-corrected chi connectivity index (χ2v) is 8.44. The number of carbonyl (C=O) groups is 1. The van der Waals surface area contributed by atoms with Crippen LogP contribution in [0.1, 0.15) is 22.8 Å². The fraction of sp³-hybridized carbons (Fsp3) is 0.136. The van der Waals surface area contributed by atoms with E-state index in [1.54, 1.807) is 18.4 Å². The van der Waals surface area contributed by atoms with Crippen molar-refractivity contribution < 1.29 is 14.5 Å². The summed E-state index contributed by atoms with van der Waals surface area (Å²) < 4.78 is 15.3. The molecule has 0 bridgehead atoms. The predicted molar refractivity (Wildman–Crippen MR) is 116 cm³/mol. The highest BCUT2D eigenvalue weighted by atomic mass is 32.2. The van der Waals surface area contributed by atoms with Crippen molar-refractivity contribution in [2.24, 2.45) is 0 Å². The first-order valence-electron chi connectivity index (χ1n) is 8.81. The number of hydrogen-bond donors (Lipinski definition) is 2. The SMILES string of the molecule is CCc1ccc(C(=O)O)cc1SNc1cc([S+](C)[O-])ccc1-c1ccccc1. The first-order valence-corrected chi connectivity index (χ1v) is 11.2. The molecule has 0 aliphatic carbocycles. The van der Waals surface area contributed by atoms with Crippen LogP contribution in [0.2, 0.25) is 0 Å². The van der Waals surface area contributed by atoms with E-state index in [1.807, 2.05) is 61.5 Å². The molecule has 3 aromatic rings. The van der Waals surface area contributed by atoms with Crippen LogP contribution in [0.15, 0.2) is 76.5 Å². The summed E-state index contributed by atoms with van der Waals surface area (Å²) >= 11 is 0.278. The Hall–Kier alpha value is -2.41. The van der Waals surface area contributed by atoms with E-state index in [0.717, 1.165) is 38.6 Å². The van der Waals surface area contributed by atoms with Crippen molar-refractivity contribution in [1.29, 1.82) is 0 Å². The molecule has 0 amide bonds. The number of carboxylic acid groups (broad SMARTS) is 1. The van der Waals surface area contributed by atoms with Crippen molar-refractivity contribution in [3.05, 3.63) is 77.9 Å². The van der Waals surface area contributed by atoms with Gasteiger partial charge < -0.3 is 14.4 Å². The molecule has 0 radical (unpaired) electrons. The zero-order chi connectivity index (χ0) is 20.1. The molecule has 144 valence electrons. The fourth-order valence-electron chi connectivity index (χ4n) is 2.84. The first-order chi connectivity index (χ1) is 13.5. The summed E-state index contributed by atoms with van der Waals surface area (Å²) in [5, 5.41) is 9.28. The molecule has 2 N–H and O–H groups in total. The number of aromatic carboxylic acids is 1. The molecule has 3 aromatic carbocycles. The number of aryl methyl sites for hydroxylation is 1. The maximum absolute atomic E-state index is 12.0. The zero-order valence-electron chi connectivity index (χ0n) is 15.6. The van der Waals surface area contributed by atoms with E-state index in [1.165, 1.54) is 11.9 Å². The highest BCUT2D eigenvalue weighted by Gasteiger charge is 2.13. The molecule has 3 rings (SSSR count). The van der Waals surface area contributed by atoms with Gasteiger partial charge in [-0.25, -0.2) is 4.79 Å². The molecular formula is C22H21NO3S2. The van der Waals surface area contributed by atoms with E-state index in [2.05, 4.69) is 4.72 Å². The molecule has 1 unspecified atom stereocenters. The monoisotopic (exact) mass is 411 g/mol. The van der Waals surface area contributed by atoms with E-state index in [9.17, 15) is 14.5 Å². The Balaban J connectivity index is 1.96. The third-order valence-electron chi connectivity index (χ3n) is 4.37. The molecule has 0 spiro atoms. The van der Waals surface area contributed by atoms with Gasteiger partial charge in [-0.1, -0.05) is 43.3 Å². The fourth-order valence-corrected chi connectivity index (χ4v) is 4.30. The smallest absolute Gasteiger partial charge is 0.335 e. The van der Waals surface area contributed by atoms with Crippen LogP contribution in [-0.4, -0.2) is 21.9 Å². The summed E-state index contributed by atoms with van der Waals surface area (Å²) in [7, 11) is 0. The van der Waals surface area contributed by atoms with Gasteiger partial charge in [0.1, 0.15) is 6.26 Å². The zero-order valence-corrected chi connectivity index (χ0v) is 17.3. The van der Waals surface area contributed by atoms with E-state index in [-0.39, 0.29) is 5.56 Å². The number of carboxylic acids is 1. The molecule has 6 heteroatoms. The minimum atomic E-state index is -1.09. The van der Waals surface area contributed by atoms with Gasteiger partial charge in [0.15, 0.2) is 4.90 Å². The summed E-state index contributed by atoms with van der Waals surface area (Å²) in [4.78, 5) is 12.9. The molecule has 0 aliphatic rings. The molecule has 0 saturated heterocycles. The Morgan fingerprint density at radius 2 is 1.86 bits per heavy atom. The van der Waals surface area contributed by atoms with Gasteiger partial charge in [0.25, 0.3) is 0 Å². The topological polar surface area (TPSA) is 72.4 Å². The summed E-state index contributed by atoms with van der Waals surface area (Å²) in [6, 6.07) is 20.8. The highest BCUT2D eigenvalue weighted by molar-refractivity contribution is 8.00. The minimum absolute atomic E-state index is 0.258. The summed E-state index contributed by atoms with van der Waals surface area (Å²) in [5.41, 5.74) is 4.21. The van der Waals surface area contributed by atoms with E-state index in [0.29, 0.717) is 0 Å². The van der Waals surface area contributed by atoms with Crippen LogP contribution in [0, 0.1) is 0 Å². The van der Waals surface area contributed by atoms with Crippen LogP contribution in [-0.2, 0) is 17.6 Å². The number of benzene rings is 3. The minimum Gasteiger partial charge on any atom is -0.612 e. The average Bonchev–Trinajstić information content (AvgIpc) is 2.72. The maximum atomic E-state index is 12.0. The molecule has 0 aliphatic heterocycles. The molecule has 0 fully saturated rings. The predicted octanol–water partition coefficient (Wildman–Crippen LogP) is 5.47. The standard InChI is InChI=1S/C22H21NO3S2/c1-3-15-9-10-17(22(24)25)13-21(15)27-23-20-14-18(28(2)26)11-12-19(20)16-7-5-4-6-8-16/h4-14,23H,3H2,1-2H3,(H,24,25). The van der Waals surface area contributed by atoms with Gasteiger partial charge in [0, 0.05) is 16.5 Å². The Morgan fingerprint density at radius 3 is 2.50 bits per heavy atom. The average molecular weight is 412 g/mol.